The Bertz CT molecular complexity index is 76.8. The molecule has 1 heteroatoms. The third-order valence-corrected chi connectivity index (χ3v) is 1.32. The van der Waals surface area contributed by atoms with E-state index in [1.54, 1.807) is 0 Å². The van der Waals surface area contributed by atoms with Gasteiger partial charge in [0.1, 0.15) is 0 Å². The minimum atomic E-state index is 1.13. The standard InChI is InChI=1S/C9H19N/c1-3-5-6-7-9-10-8-4-2/h5-6,10H,3-4,7-9H2,1-2H3/b6-5-. The van der Waals surface area contributed by atoms with Gasteiger partial charge in [-0.1, -0.05) is 26.0 Å². The Labute approximate surface area is 64.5 Å². The zero-order chi connectivity index (χ0) is 7.66. The maximum Gasteiger partial charge on any atom is -0.00143 e. The highest BCUT2D eigenvalue weighted by Crippen LogP contribution is 1.84. The average molecular weight is 141 g/mol. The number of hydrogen-bond donors (Lipinski definition) is 1. The van der Waals surface area contributed by atoms with E-state index in [4.69, 9.17) is 0 Å². The predicted molar refractivity (Wildman–Crippen MR) is 47.2 cm³/mol. The lowest BCUT2D eigenvalue weighted by Gasteiger charge is -1.97. The van der Waals surface area contributed by atoms with Crippen molar-refractivity contribution >= 4 is 0 Å². The summed E-state index contributed by atoms with van der Waals surface area (Å²) in [5.41, 5.74) is 0. The smallest absolute Gasteiger partial charge is 0.00143 e. The number of hydrogen-bond acceptors (Lipinski definition) is 1. The van der Waals surface area contributed by atoms with Gasteiger partial charge < -0.3 is 5.32 Å². The van der Waals surface area contributed by atoms with Crippen LogP contribution in [0.5, 0.6) is 0 Å². The van der Waals surface area contributed by atoms with Crippen molar-refractivity contribution in [2.75, 3.05) is 13.1 Å². The average Bonchev–Trinajstić information content (AvgIpc) is 1.97. The van der Waals surface area contributed by atoms with Crippen molar-refractivity contribution in [1.29, 1.82) is 0 Å². The van der Waals surface area contributed by atoms with Gasteiger partial charge in [0.25, 0.3) is 0 Å². The Morgan fingerprint density at radius 2 is 1.90 bits per heavy atom. The van der Waals surface area contributed by atoms with E-state index in [0.717, 1.165) is 19.5 Å². The normalized spacial score (nSPS) is 11.0. The molecule has 0 aliphatic rings. The molecule has 0 aliphatic carbocycles. The Kier molecular flexibility index (Phi) is 8.44. The summed E-state index contributed by atoms with van der Waals surface area (Å²) >= 11 is 0. The second kappa shape index (κ2) is 8.70. The first-order valence-electron chi connectivity index (χ1n) is 4.27. The van der Waals surface area contributed by atoms with Gasteiger partial charge in [-0.15, -0.1) is 0 Å². The quantitative estimate of drug-likeness (QED) is 0.442. The Hall–Kier alpha value is -0.300. The van der Waals surface area contributed by atoms with Gasteiger partial charge in [-0.05, 0) is 32.4 Å². The number of rotatable bonds is 6. The van der Waals surface area contributed by atoms with Gasteiger partial charge in [-0.2, -0.15) is 0 Å². The van der Waals surface area contributed by atoms with Crippen LogP contribution in [0.3, 0.4) is 0 Å². The second-order valence-corrected chi connectivity index (χ2v) is 2.42. The van der Waals surface area contributed by atoms with E-state index in [2.05, 4.69) is 31.3 Å². The molecule has 0 heterocycles. The van der Waals surface area contributed by atoms with Crippen molar-refractivity contribution in [1.82, 2.24) is 5.32 Å². The number of nitrogens with one attached hydrogen (secondary N) is 1. The summed E-state index contributed by atoms with van der Waals surface area (Å²) in [6, 6.07) is 0. The van der Waals surface area contributed by atoms with Crippen molar-refractivity contribution in [2.45, 2.75) is 33.1 Å². The van der Waals surface area contributed by atoms with E-state index < -0.39 is 0 Å². The van der Waals surface area contributed by atoms with Crippen molar-refractivity contribution in [3.63, 3.8) is 0 Å². The minimum Gasteiger partial charge on any atom is -0.316 e. The molecule has 1 nitrogen and oxygen atoms in total. The lowest BCUT2D eigenvalue weighted by molar-refractivity contribution is 0.678. The molecule has 0 saturated carbocycles. The molecule has 0 bridgehead atoms. The van der Waals surface area contributed by atoms with Gasteiger partial charge in [-0.3, -0.25) is 0 Å². The van der Waals surface area contributed by atoms with Gasteiger partial charge in [0, 0.05) is 0 Å². The second-order valence-electron chi connectivity index (χ2n) is 2.42. The largest absolute Gasteiger partial charge is 0.316 e. The molecule has 0 aromatic rings. The van der Waals surface area contributed by atoms with Gasteiger partial charge in [0.2, 0.25) is 0 Å². The van der Waals surface area contributed by atoms with Crippen LogP contribution in [0.25, 0.3) is 0 Å². The molecule has 0 fully saturated rings. The summed E-state index contributed by atoms with van der Waals surface area (Å²) in [5.74, 6) is 0. The van der Waals surface area contributed by atoms with E-state index in [1.165, 1.54) is 12.8 Å². The molecule has 0 aromatic carbocycles. The van der Waals surface area contributed by atoms with Crippen molar-refractivity contribution in [3.05, 3.63) is 12.2 Å². The molecular weight excluding hydrogens is 122 g/mol. The molecule has 0 aromatic heterocycles. The van der Waals surface area contributed by atoms with Crippen LogP contribution < -0.4 is 5.32 Å². The van der Waals surface area contributed by atoms with Crippen molar-refractivity contribution in [3.8, 4) is 0 Å². The van der Waals surface area contributed by atoms with Crippen molar-refractivity contribution < 1.29 is 0 Å². The molecule has 60 valence electrons. The molecular formula is C9H19N. The van der Waals surface area contributed by atoms with Crippen molar-refractivity contribution in [2.24, 2.45) is 0 Å². The highest BCUT2D eigenvalue weighted by Gasteiger charge is 1.79. The van der Waals surface area contributed by atoms with Crippen LogP contribution in [0, 0.1) is 0 Å². The van der Waals surface area contributed by atoms with Crippen LogP contribution in [-0.4, -0.2) is 13.1 Å². The van der Waals surface area contributed by atoms with Gasteiger partial charge in [0.15, 0.2) is 0 Å². The maximum atomic E-state index is 3.34. The monoisotopic (exact) mass is 141 g/mol. The Balaban J connectivity index is 2.83. The highest BCUT2D eigenvalue weighted by molar-refractivity contribution is 4.80. The summed E-state index contributed by atoms with van der Waals surface area (Å²) in [4.78, 5) is 0. The van der Waals surface area contributed by atoms with E-state index in [0.29, 0.717) is 0 Å². The Morgan fingerprint density at radius 1 is 1.10 bits per heavy atom. The third-order valence-electron chi connectivity index (χ3n) is 1.32. The highest BCUT2D eigenvalue weighted by atomic mass is 14.8. The zero-order valence-corrected chi connectivity index (χ0v) is 7.19. The molecule has 10 heavy (non-hydrogen) atoms. The summed E-state index contributed by atoms with van der Waals surface area (Å²) in [6.07, 6.45) is 8.02. The minimum absolute atomic E-state index is 1.13. The molecule has 0 saturated heterocycles. The molecule has 0 amide bonds. The summed E-state index contributed by atoms with van der Waals surface area (Å²) in [7, 11) is 0. The van der Waals surface area contributed by atoms with Gasteiger partial charge in [0.05, 0.1) is 0 Å². The van der Waals surface area contributed by atoms with Crippen LogP contribution in [0.1, 0.15) is 33.1 Å². The fourth-order valence-electron chi connectivity index (χ4n) is 0.772. The molecule has 1 N–H and O–H groups in total. The van der Waals surface area contributed by atoms with Crippen LogP contribution in [-0.2, 0) is 0 Å². The third kappa shape index (κ3) is 7.70. The Morgan fingerprint density at radius 3 is 2.50 bits per heavy atom. The first-order chi connectivity index (χ1) is 4.91. The van der Waals surface area contributed by atoms with Gasteiger partial charge >= 0.3 is 0 Å². The molecule has 0 unspecified atom stereocenters. The first kappa shape index (κ1) is 9.70. The summed E-state index contributed by atoms with van der Waals surface area (Å²) in [6.45, 7) is 6.63. The molecule has 0 spiro atoms. The predicted octanol–water partition coefficient (Wildman–Crippen LogP) is 2.34. The maximum absolute atomic E-state index is 3.34. The van der Waals surface area contributed by atoms with Crippen LogP contribution in [0.2, 0.25) is 0 Å². The summed E-state index contributed by atoms with van der Waals surface area (Å²) in [5, 5.41) is 3.34. The molecule has 0 radical (unpaired) electrons. The van der Waals surface area contributed by atoms with E-state index in [-0.39, 0.29) is 0 Å². The molecule has 0 aliphatic heterocycles. The van der Waals surface area contributed by atoms with Crippen LogP contribution >= 0.6 is 0 Å². The van der Waals surface area contributed by atoms with E-state index in [1.807, 2.05) is 0 Å². The fraction of sp³-hybridized carbons (Fsp3) is 0.778. The molecule has 0 atom stereocenters. The molecule has 0 rings (SSSR count). The topological polar surface area (TPSA) is 12.0 Å². The summed E-state index contributed by atoms with van der Waals surface area (Å²) < 4.78 is 0. The van der Waals surface area contributed by atoms with Gasteiger partial charge in [-0.25, -0.2) is 0 Å². The number of allylic oxidation sites excluding steroid dienone is 1. The SMILES string of the molecule is CC/C=C\CCNCCC. The first-order valence-corrected chi connectivity index (χ1v) is 4.27. The van der Waals surface area contributed by atoms with E-state index >= 15 is 0 Å². The lowest BCUT2D eigenvalue weighted by Crippen LogP contribution is -2.14. The zero-order valence-electron chi connectivity index (χ0n) is 7.19. The fourth-order valence-corrected chi connectivity index (χ4v) is 0.772. The van der Waals surface area contributed by atoms with Crippen LogP contribution in [0.15, 0.2) is 12.2 Å². The van der Waals surface area contributed by atoms with E-state index in [9.17, 15) is 0 Å². The lowest BCUT2D eigenvalue weighted by atomic mass is 10.3. The van der Waals surface area contributed by atoms with Crippen LogP contribution in [0.4, 0.5) is 0 Å².